The minimum atomic E-state index is -3.14. The molecular formula is C12H19N2O2S+. The molecule has 0 radical (unpaired) electrons. The SMILES string of the molecule is C[NH+]1CCN(S(=O)(=O)Cc2ccccc2)CC1. The Bertz CT molecular complexity index is 451. The molecule has 0 bridgehead atoms. The molecule has 1 N–H and O–H groups in total. The molecule has 94 valence electrons. The standard InChI is InChI=1S/C12H18N2O2S/c1-13-7-9-14(10-8-13)17(15,16)11-12-5-3-2-4-6-12/h2-6H,7-11H2,1H3/p+1. The van der Waals surface area contributed by atoms with Crippen LogP contribution in [0, 0.1) is 0 Å². The monoisotopic (exact) mass is 255 g/mol. The zero-order chi connectivity index (χ0) is 12.3. The number of nitrogens with zero attached hydrogens (tertiary/aromatic N) is 1. The van der Waals surface area contributed by atoms with E-state index >= 15 is 0 Å². The second kappa shape index (κ2) is 5.16. The average Bonchev–Trinajstić information content (AvgIpc) is 2.30. The highest BCUT2D eigenvalue weighted by atomic mass is 32.2. The zero-order valence-electron chi connectivity index (χ0n) is 10.1. The summed E-state index contributed by atoms with van der Waals surface area (Å²) < 4.78 is 26.0. The molecule has 0 saturated carbocycles. The van der Waals surface area contributed by atoms with Crippen molar-refractivity contribution in [2.45, 2.75) is 5.75 Å². The fourth-order valence-corrected chi connectivity index (χ4v) is 3.56. The first kappa shape index (κ1) is 12.5. The third kappa shape index (κ3) is 3.28. The maximum absolute atomic E-state index is 12.2. The minimum absolute atomic E-state index is 0.118. The number of likely N-dealkylation sites (N-methyl/N-ethyl adjacent to an activating group) is 1. The van der Waals surface area contributed by atoms with E-state index in [0.29, 0.717) is 13.1 Å². The Balaban J connectivity index is 2.04. The third-order valence-electron chi connectivity index (χ3n) is 3.16. The fraction of sp³-hybridized carbons (Fsp3) is 0.500. The smallest absolute Gasteiger partial charge is 0.218 e. The Kier molecular flexibility index (Phi) is 3.81. The number of quaternary nitrogens is 1. The lowest BCUT2D eigenvalue weighted by molar-refractivity contribution is -0.883. The van der Waals surface area contributed by atoms with Crippen LogP contribution in [0.25, 0.3) is 0 Å². The van der Waals surface area contributed by atoms with E-state index in [1.807, 2.05) is 30.3 Å². The van der Waals surface area contributed by atoms with E-state index in [1.54, 1.807) is 4.31 Å². The normalized spacial score (nSPS) is 19.4. The van der Waals surface area contributed by atoms with Gasteiger partial charge in [0.05, 0.1) is 39.0 Å². The summed E-state index contributed by atoms with van der Waals surface area (Å²) in [7, 11) is -1.04. The summed E-state index contributed by atoms with van der Waals surface area (Å²) in [5, 5.41) is 0. The topological polar surface area (TPSA) is 41.8 Å². The fourth-order valence-electron chi connectivity index (χ4n) is 2.02. The molecule has 0 unspecified atom stereocenters. The molecule has 1 fully saturated rings. The summed E-state index contributed by atoms with van der Waals surface area (Å²) in [4.78, 5) is 1.40. The molecule has 1 aliphatic rings. The zero-order valence-corrected chi connectivity index (χ0v) is 10.9. The Morgan fingerprint density at radius 3 is 2.35 bits per heavy atom. The van der Waals surface area contributed by atoms with Crippen molar-refractivity contribution in [3.05, 3.63) is 35.9 Å². The van der Waals surface area contributed by atoms with Gasteiger partial charge in [-0.05, 0) is 5.56 Å². The van der Waals surface area contributed by atoms with Gasteiger partial charge >= 0.3 is 0 Å². The second-order valence-corrected chi connectivity index (χ2v) is 6.57. The Morgan fingerprint density at radius 2 is 1.76 bits per heavy atom. The summed E-state index contributed by atoms with van der Waals surface area (Å²) in [5.74, 6) is 0.118. The first-order chi connectivity index (χ1) is 8.08. The highest BCUT2D eigenvalue weighted by Gasteiger charge is 2.27. The molecule has 2 rings (SSSR count). The molecule has 0 amide bonds. The number of nitrogens with one attached hydrogen (secondary N) is 1. The van der Waals surface area contributed by atoms with E-state index in [1.165, 1.54) is 4.90 Å². The number of benzene rings is 1. The van der Waals surface area contributed by atoms with Crippen LogP contribution < -0.4 is 4.90 Å². The summed E-state index contributed by atoms with van der Waals surface area (Å²) in [6.07, 6.45) is 0. The number of piperazine rings is 1. The van der Waals surface area contributed by atoms with E-state index in [-0.39, 0.29) is 5.75 Å². The van der Waals surface area contributed by atoms with E-state index < -0.39 is 10.0 Å². The molecule has 0 aliphatic carbocycles. The van der Waals surface area contributed by atoms with Gasteiger partial charge in [-0.15, -0.1) is 0 Å². The van der Waals surface area contributed by atoms with Gasteiger partial charge in [0.1, 0.15) is 0 Å². The van der Waals surface area contributed by atoms with Crippen molar-refractivity contribution < 1.29 is 13.3 Å². The average molecular weight is 255 g/mol. The van der Waals surface area contributed by atoms with Crippen LogP contribution in [0.5, 0.6) is 0 Å². The van der Waals surface area contributed by atoms with Crippen molar-refractivity contribution in [1.82, 2.24) is 4.31 Å². The molecule has 1 aromatic rings. The van der Waals surface area contributed by atoms with Gasteiger partial charge in [-0.25, -0.2) is 8.42 Å². The van der Waals surface area contributed by atoms with Crippen LogP contribution in [0.2, 0.25) is 0 Å². The Hall–Kier alpha value is -0.910. The van der Waals surface area contributed by atoms with Crippen LogP contribution in [-0.4, -0.2) is 45.9 Å². The largest absolute Gasteiger partial charge is 0.335 e. The molecule has 1 saturated heterocycles. The van der Waals surface area contributed by atoms with Gasteiger partial charge in [-0.1, -0.05) is 30.3 Å². The highest BCUT2D eigenvalue weighted by molar-refractivity contribution is 7.88. The minimum Gasteiger partial charge on any atom is -0.335 e. The summed E-state index contributed by atoms with van der Waals surface area (Å²) >= 11 is 0. The first-order valence-electron chi connectivity index (χ1n) is 5.91. The first-order valence-corrected chi connectivity index (χ1v) is 7.52. The molecular weight excluding hydrogens is 236 g/mol. The number of hydrogen-bond acceptors (Lipinski definition) is 2. The quantitative estimate of drug-likeness (QED) is 0.780. The van der Waals surface area contributed by atoms with Crippen LogP contribution >= 0.6 is 0 Å². The summed E-state index contributed by atoms with van der Waals surface area (Å²) in [5.41, 5.74) is 0.860. The van der Waals surface area contributed by atoms with E-state index in [2.05, 4.69) is 7.05 Å². The van der Waals surface area contributed by atoms with Gasteiger partial charge in [-0.2, -0.15) is 4.31 Å². The van der Waals surface area contributed by atoms with Crippen LogP contribution in [0.3, 0.4) is 0 Å². The maximum atomic E-state index is 12.2. The number of hydrogen-bond donors (Lipinski definition) is 1. The van der Waals surface area contributed by atoms with Crippen LogP contribution in [-0.2, 0) is 15.8 Å². The highest BCUT2D eigenvalue weighted by Crippen LogP contribution is 2.10. The maximum Gasteiger partial charge on any atom is 0.218 e. The number of rotatable bonds is 3. The van der Waals surface area contributed by atoms with Crippen molar-refractivity contribution in [2.24, 2.45) is 0 Å². The van der Waals surface area contributed by atoms with Crippen LogP contribution in [0.4, 0.5) is 0 Å². The second-order valence-electron chi connectivity index (χ2n) is 4.60. The molecule has 5 heteroatoms. The molecule has 17 heavy (non-hydrogen) atoms. The molecule has 1 aliphatic heterocycles. The lowest BCUT2D eigenvalue weighted by Gasteiger charge is -2.29. The van der Waals surface area contributed by atoms with Crippen molar-refractivity contribution in [1.29, 1.82) is 0 Å². The Labute approximate surface area is 103 Å². The molecule has 0 aromatic heterocycles. The molecule has 4 nitrogen and oxygen atoms in total. The molecule has 0 atom stereocenters. The van der Waals surface area contributed by atoms with E-state index in [9.17, 15) is 8.42 Å². The summed E-state index contributed by atoms with van der Waals surface area (Å²) in [6.45, 7) is 3.07. The van der Waals surface area contributed by atoms with Gasteiger partial charge in [0.15, 0.2) is 0 Å². The molecule has 1 heterocycles. The third-order valence-corrected chi connectivity index (χ3v) is 5.01. The lowest BCUT2D eigenvalue weighted by Crippen LogP contribution is -3.12. The summed E-state index contributed by atoms with van der Waals surface area (Å²) in [6, 6.07) is 9.37. The van der Waals surface area contributed by atoms with E-state index in [4.69, 9.17) is 0 Å². The van der Waals surface area contributed by atoms with Gasteiger partial charge in [0.25, 0.3) is 0 Å². The van der Waals surface area contributed by atoms with Gasteiger partial charge < -0.3 is 4.90 Å². The predicted octanol–water partition coefficient (Wildman–Crippen LogP) is -0.653. The lowest BCUT2D eigenvalue weighted by atomic mass is 10.2. The van der Waals surface area contributed by atoms with Crippen molar-refractivity contribution in [2.75, 3.05) is 33.2 Å². The predicted molar refractivity (Wildman–Crippen MR) is 67.3 cm³/mol. The molecule has 1 aromatic carbocycles. The van der Waals surface area contributed by atoms with Gasteiger partial charge in [0, 0.05) is 0 Å². The number of sulfonamides is 1. The van der Waals surface area contributed by atoms with Crippen LogP contribution in [0.15, 0.2) is 30.3 Å². The van der Waals surface area contributed by atoms with Crippen molar-refractivity contribution in [3.63, 3.8) is 0 Å². The van der Waals surface area contributed by atoms with Crippen molar-refractivity contribution >= 4 is 10.0 Å². The van der Waals surface area contributed by atoms with Gasteiger partial charge in [0.2, 0.25) is 10.0 Å². The van der Waals surface area contributed by atoms with Crippen LogP contribution in [0.1, 0.15) is 5.56 Å². The van der Waals surface area contributed by atoms with Gasteiger partial charge in [-0.3, -0.25) is 0 Å². The molecule has 0 spiro atoms. The van der Waals surface area contributed by atoms with Crippen molar-refractivity contribution in [3.8, 4) is 0 Å². The van der Waals surface area contributed by atoms with E-state index in [0.717, 1.165) is 18.7 Å². The Morgan fingerprint density at radius 1 is 1.18 bits per heavy atom.